The van der Waals surface area contributed by atoms with Gasteiger partial charge >= 0.3 is 0 Å². The van der Waals surface area contributed by atoms with Crippen LogP contribution < -0.4 is 10.1 Å². The van der Waals surface area contributed by atoms with Crippen molar-refractivity contribution in [3.8, 4) is 5.75 Å². The van der Waals surface area contributed by atoms with Gasteiger partial charge in [0.2, 0.25) is 0 Å². The fraction of sp³-hybridized carbons (Fsp3) is 0.308. The Hall–Kier alpha value is -1.07. The van der Waals surface area contributed by atoms with Crippen molar-refractivity contribution < 1.29 is 4.74 Å². The molecule has 98 valence electrons. The summed E-state index contributed by atoms with van der Waals surface area (Å²) in [5.41, 5.74) is 1.08. The minimum absolute atomic E-state index is 0.665. The van der Waals surface area contributed by atoms with Crippen LogP contribution in [0.4, 0.5) is 0 Å². The summed E-state index contributed by atoms with van der Waals surface area (Å²) in [6.45, 7) is 5.00. The number of halogens is 1. The monoisotopic (exact) mass is 328 g/mol. The SMILES string of the molecule is C=CCNC(=S)N(C)Cc1cc(Br)ccc1OC. The van der Waals surface area contributed by atoms with Crippen LogP contribution in [0, 0.1) is 0 Å². The van der Waals surface area contributed by atoms with Gasteiger partial charge in [0.1, 0.15) is 5.75 Å². The summed E-state index contributed by atoms with van der Waals surface area (Å²) in [6.07, 6.45) is 1.78. The zero-order valence-electron chi connectivity index (χ0n) is 10.6. The largest absolute Gasteiger partial charge is 0.496 e. The minimum atomic E-state index is 0.665. The average Bonchev–Trinajstić information content (AvgIpc) is 2.36. The molecule has 0 atom stereocenters. The van der Waals surface area contributed by atoms with Crippen LogP contribution >= 0.6 is 28.1 Å². The Kier molecular flexibility index (Phi) is 6.15. The molecule has 5 heteroatoms. The van der Waals surface area contributed by atoms with Crippen LogP contribution in [0.2, 0.25) is 0 Å². The van der Waals surface area contributed by atoms with Crippen molar-refractivity contribution in [2.24, 2.45) is 0 Å². The van der Waals surface area contributed by atoms with Gasteiger partial charge in [-0.15, -0.1) is 6.58 Å². The lowest BCUT2D eigenvalue weighted by Gasteiger charge is -2.21. The number of hydrogen-bond acceptors (Lipinski definition) is 2. The van der Waals surface area contributed by atoms with Gasteiger partial charge in [-0.25, -0.2) is 0 Å². The Morgan fingerprint density at radius 1 is 1.61 bits per heavy atom. The molecule has 0 fully saturated rings. The maximum Gasteiger partial charge on any atom is 0.169 e. The van der Waals surface area contributed by atoms with E-state index in [4.69, 9.17) is 17.0 Å². The van der Waals surface area contributed by atoms with Crippen molar-refractivity contribution in [3.05, 3.63) is 40.9 Å². The maximum atomic E-state index is 5.33. The minimum Gasteiger partial charge on any atom is -0.496 e. The van der Waals surface area contributed by atoms with Gasteiger partial charge in [-0.05, 0) is 30.4 Å². The molecular formula is C13H17BrN2OS. The first-order valence-electron chi connectivity index (χ1n) is 5.50. The Morgan fingerprint density at radius 2 is 2.33 bits per heavy atom. The number of methoxy groups -OCH3 is 1. The molecule has 0 spiro atoms. The first-order chi connectivity index (χ1) is 8.58. The molecule has 1 rings (SSSR count). The number of thiocarbonyl (C=S) groups is 1. The average molecular weight is 329 g/mol. The molecule has 0 radical (unpaired) electrons. The Labute approximate surface area is 122 Å². The highest BCUT2D eigenvalue weighted by Crippen LogP contribution is 2.23. The summed E-state index contributed by atoms with van der Waals surface area (Å²) in [7, 11) is 3.61. The predicted molar refractivity (Wildman–Crippen MR) is 83.0 cm³/mol. The predicted octanol–water partition coefficient (Wildman–Crippen LogP) is 2.95. The van der Waals surface area contributed by atoms with Gasteiger partial charge in [0.25, 0.3) is 0 Å². The molecule has 0 saturated carbocycles. The summed E-state index contributed by atoms with van der Waals surface area (Å²) in [6, 6.07) is 5.93. The van der Waals surface area contributed by atoms with Gasteiger partial charge in [-0.2, -0.15) is 0 Å². The lowest BCUT2D eigenvalue weighted by Crippen LogP contribution is -2.36. The highest BCUT2D eigenvalue weighted by molar-refractivity contribution is 9.10. The van der Waals surface area contributed by atoms with Crippen molar-refractivity contribution in [1.82, 2.24) is 10.2 Å². The molecule has 1 N–H and O–H groups in total. The Morgan fingerprint density at radius 3 is 2.94 bits per heavy atom. The molecule has 0 aliphatic heterocycles. The van der Waals surface area contributed by atoms with Crippen molar-refractivity contribution >= 4 is 33.3 Å². The fourth-order valence-electron chi connectivity index (χ4n) is 1.49. The Balaban J connectivity index is 2.74. The highest BCUT2D eigenvalue weighted by Gasteiger charge is 2.09. The lowest BCUT2D eigenvalue weighted by atomic mass is 10.2. The second-order valence-corrected chi connectivity index (χ2v) is 5.09. The summed E-state index contributed by atoms with van der Waals surface area (Å²) in [5.74, 6) is 0.858. The zero-order chi connectivity index (χ0) is 13.5. The van der Waals surface area contributed by atoms with E-state index >= 15 is 0 Å². The van der Waals surface area contributed by atoms with E-state index in [9.17, 15) is 0 Å². The first kappa shape index (κ1) is 15.0. The third-order valence-electron chi connectivity index (χ3n) is 2.39. The molecule has 3 nitrogen and oxygen atoms in total. The third-order valence-corrected chi connectivity index (χ3v) is 3.34. The van der Waals surface area contributed by atoms with E-state index in [1.54, 1.807) is 13.2 Å². The van der Waals surface area contributed by atoms with Gasteiger partial charge < -0.3 is 15.0 Å². The maximum absolute atomic E-state index is 5.33. The van der Waals surface area contributed by atoms with Crippen molar-refractivity contribution in [2.75, 3.05) is 20.7 Å². The molecule has 0 aromatic heterocycles. The van der Waals surface area contributed by atoms with Crippen molar-refractivity contribution in [2.45, 2.75) is 6.54 Å². The van der Waals surface area contributed by atoms with Crippen LogP contribution in [0.15, 0.2) is 35.3 Å². The summed E-state index contributed by atoms with van der Waals surface area (Å²) in [4.78, 5) is 1.96. The second-order valence-electron chi connectivity index (χ2n) is 3.79. The standard InChI is InChI=1S/C13H17BrN2OS/c1-4-7-15-13(18)16(2)9-10-8-11(14)5-6-12(10)17-3/h4-6,8H,1,7,9H2,2-3H3,(H,15,18). The second kappa shape index (κ2) is 7.38. The van der Waals surface area contributed by atoms with Crippen LogP contribution in [0.5, 0.6) is 5.75 Å². The molecule has 1 aromatic carbocycles. The number of hydrogen-bond donors (Lipinski definition) is 1. The molecule has 0 aliphatic carbocycles. The molecule has 0 amide bonds. The topological polar surface area (TPSA) is 24.5 Å². The number of nitrogens with one attached hydrogen (secondary N) is 1. The van der Waals surface area contributed by atoms with Crippen LogP contribution in [0.25, 0.3) is 0 Å². The molecule has 0 heterocycles. The number of ether oxygens (including phenoxy) is 1. The van der Waals surface area contributed by atoms with Gasteiger partial charge in [0.15, 0.2) is 5.11 Å². The molecule has 0 bridgehead atoms. The van der Waals surface area contributed by atoms with Gasteiger partial charge in [0.05, 0.1) is 7.11 Å². The quantitative estimate of drug-likeness (QED) is 0.663. The molecule has 1 aromatic rings. The van der Waals surface area contributed by atoms with E-state index in [-0.39, 0.29) is 0 Å². The number of nitrogens with zero attached hydrogens (tertiary/aromatic N) is 1. The Bertz CT molecular complexity index is 437. The lowest BCUT2D eigenvalue weighted by molar-refractivity contribution is 0.397. The van der Waals surface area contributed by atoms with E-state index in [1.165, 1.54) is 0 Å². The fourth-order valence-corrected chi connectivity index (χ4v) is 2.05. The smallest absolute Gasteiger partial charge is 0.169 e. The van der Waals surface area contributed by atoms with Crippen LogP contribution in [-0.4, -0.2) is 30.7 Å². The molecule has 0 unspecified atom stereocenters. The van der Waals surface area contributed by atoms with E-state index in [0.717, 1.165) is 15.8 Å². The van der Waals surface area contributed by atoms with Gasteiger partial charge in [-0.3, -0.25) is 0 Å². The molecule has 0 aliphatic rings. The zero-order valence-corrected chi connectivity index (χ0v) is 13.0. The van der Waals surface area contributed by atoms with Crippen LogP contribution in [0.3, 0.4) is 0 Å². The van der Waals surface area contributed by atoms with Crippen molar-refractivity contribution in [3.63, 3.8) is 0 Å². The summed E-state index contributed by atoms with van der Waals surface area (Å²) in [5, 5.41) is 3.78. The summed E-state index contributed by atoms with van der Waals surface area (Å²) >= 11 is 8.73. The first-order valence-corrected chi connectivity index (χ1v) is 6.71. The van der Waals surface area contributed by atoms with Gasteiger partial charge in [-0.1, -0.05) is 22.0 Å². The van der Waals surface area contributed by atoms with Crippen molar-refractivity contribution in [1.29, 1.82) is 0 Å². The number of rotatable bonds is 5. The molecule has 18 heavy (non-hydrogen) atoms. The molecular weight excluding hydrogens is 312 g/mol. The van der Waals surface area contributed by atoms with E-state index < -0.39 is 0 Å². The number of benzene rings is 1. The molecule has 0 saturated heterocycles. The summed E-state index contributed by atoms with van der Waals surface area (Å²) < 4.78 is 6.36. The van der Waals surface area contributed by atoms with E-state index in [2.05, 4.69) is 27.8 Å². The highest BCUT2D eigenvalue weighted by atomic mass is 79.9. The van der Waals surface area contributed by atoms with Gasteiger partial charge in [0, 0.05) is 30.2 Å². The normalized spacial score (nSPS) is 9.72. The van der Waals surface area contributed by atoms with Crippen LogP contribution in [0.1, 0.15) is 5.56 Å². The van der Waals surface area contributed by atoms with E-state index in [1.807, 2.05) is 30.1 Å². The van der Waals surface area contributed by atoms with Crippen LogP contribution in [-0.2, 0) is 6.54 Å². The van der Waals surface area contributed by atoms with E-state index in [0.29, 0.717) is 18.2 Å². The third kappa shape index (κ3) is 4.31.